The largest absolute Gasteiger partial charge is 0.307 e. The quantitative estimate of drug-likeness (QED) is 0.697. The van der Waals surface area contributed by atoms with E-state index < -0.39 is 5.91 Å². The van der Waals surface area contributed by atoms with Crippen molar-refractivity contribution < 1.29 is 9.18 Å². The molecular weight excluding hydrogens is 293 g/mol. The number of hydrogen-bond donors (Lipinski definition) is 1. The van der Waals surface area contributed by atoms with E-state index in [4.69, 9.17) is 0 Å². The predicted octanol–water partition coefficient (Wildman–Crippen LogP) is 2.05. The molecule has 0 spiro atoms. The van der Waals surface area contributed by atoms with Crippen LogP contribution in [0.15, 0.2) is 34.2 Å². The van der Waals surface area contributed by atoms with Crippen LogP contribution in [0.25, 0.3) is 0 Å². The second kappa shape index (κ2) is 6.01. The number of amides is 1. The van der Waals surface area contributed by atoms with Gasteiger partial charge in [0.2, 0.25) is 0 Å². The van der Waals surface area contributed by atoms with Gasteiger partial charge in [-0.05, 0) is 31.5 Å². The molecule has 0 aliphatic rings. The second-order valence-corrected chi connectivity index (χ2v) is 5.45. The molecule has 0 aliphatic carbocycles. The lowest BCUT2D eigenvalue weighted by Crippen LogP contribution is -2.19. The number of rotatable bonds is 3. The molecule has 0 saturated heterocycles. The molecule has 1 heterocycles. The summed E-state index contributed by atoms with van der Waals surface area (Å²) in [6, 6.07) is 5.80. The second-order valence-electron chi connectivity index (χ2n) is 4.49. The molecule has 1 amide bonds. The van der Waals surface area contributed by atoms with Crippen LogP contribution in [0.4, 0.5) is 4.39 Å². The lowest BCUT2D eigenvalue weighted by Gasteiger charge is -2.02. The third-order valence-corrected chi connectivity index (χ3v) is 4.22. The molecule has 2 aromatic rings. The van der Waals surface area contributed by atoms with Crippen LogP contribution in [0, 0.1) is 12.7 Å². The van der Waals surface area contributed by atoms with Crippen LogP contribution in [0.3, 0.4) is 0 Å². The van der Waals surface area contributed by atoms with Crippen LogP contribution >= 0.6 is 11.3 Å². The molecule has 0 atom stereocenters. The van der Waals surface area contributed by atoms with Crippen LogP contribution in [0.1, 0.15) is 27.9 Å². The number of aromatic nitrogens is 1. The van der Waals surface area contributed by atoms with Crippen molar-refractivity contribution in [3.05, 3.63) is 55.9 Å². The molecule has 0 saturated carbocycles. The zero-order chi connectivity index (χ0) is 15.6. The third-order valence-electron chi connectivity index (χ3n) is 3.09. The number of carbonyl (C=O) groups is 1. The van der Waals surface area contributed by atoms with Crippen LogP contribution in [-0.4, -0.2) is 16.2 Å². The maximum Gasteiger partial charge on any atom is 0.307 e. The molecule has 7 heteroatoms. The molecule has 0 unspecified atom stereocenters. The van der Waals surface area contributed by atoms with Gasteiger partial charge in [0.15, 0.2) is 0 Å². The molecule has 0 radical (unpaired) electrons. The molecule has 5 nitrogen and oxygen atoms in total. The average molecular weight is 307 g/mol. The number of benzene rings is 1. The normalized spacial score (nSPS) is 11.5. The minimum absolute atomic E-state index is 0.197. The van der Waals surface area contributed by atoms with Gasteiger partial charge in [-0.3, -0.25) is 9.59 Å². The van der Waals surface area contributed by atoms with Crippen molar-refractivity contribution >= 4 is 23.0 Å². The van der Waals surface area contributed by atoms with Gasteiger partial charge in [0.25, 0.3) is 5.91 Å². The molecule has 0 fully saturated rings. The Morgan fingerprint density at radius 2 is 1.95 bits per heavy atom. The number of nitrogens with one attached hydrogen (secondary N) is 1. The predicted molar refractivity (Wildman–Crippen MR) is 80.4 cm³/mol. The van der Waals surface area contributed by atoms with Gasteiger partial charge >= 0.3 is 4.87 Å². The number of halogens is 1. The lowest BCUT2D eigenvalue weighted by atomic mass is 10.1. The van der Waals surface area contributed by atoms with E-state index in [0.717, 1.165) is 11.3 Å². The number of thiazole rings is 1. The Labute approximate surface area is 124 Å². The van der Waals surface area contributed by atoms with E-state index in [0.29, 0.717) is 21.8 Å². The van der Waals surface area contributed by atoms with Gasteiger partial charge in [0, 0.05) is 12.7 Å². The molecule has 0 aliphatic heterocycles. The maximum atomic E-state index is 12.8. The van der Waals surface area contributed by atoms with Gasteiger partial charge in [-0.25, -0.2) is 9.82 Å². The summed E-state index contributed by atoms with van der Waals surface area (Å²) < 4.78 is 14.2. The molecule has 0 bridgehead atoms. The Morgan fingerprint density at radius 3 is 2.48 bits per heavy atom. The van der Waals surface area contributed by atoms with E-state index in [9.17, 15) is 14.0 Å². The van der Waals surface area contributed by atoms with Gasteiger partial charge in [-0.15, -0.1) is 0 Å². The van der Waals surface area contributed by atoms with E-state index in [-0.39, 0.29) is 10.7 Å². The van der Waals surface area contributed by atoms with E-state index >= 15 is 0 Å². The van der Waals surface area contributed by atoms with Crippen molar-refractivity contribution in [2.75, 3.05) is 0 Å². The molecule has 21 heavy (non-hydrogen) atoms. The Balaban J connectivity index is 2.16. The van der Waals surface area contributed by atoms with Crippen LogP contribution < -0.4 is 10.3 Å². The average Bonchev–Trinajstić information content (AvgIpc) is 2.73. The minimum atomic E-state index is -0.434. The SMILES string of the molecule is C/C(=N/NC(=O)c1sc(=O)n(C)c1C)c1ccc(F)cc1. The summed E-state index contributed by atoms with van der Waals surface area (Å²) in [7, 11) is 1.61. The molecule has 1 aromatic carbocycles. The minimum Gasteiger partial charge on any atom is -0.306 e. The first-order valence-electron chi connectivity index (χ1n) is 6.17. The van der Waals surface area contributed by atoms with E-state index in [1.807, 2.05) is 0 Å². The van der Waals surface area contributed by atoms with E-state index in [1.54, 1.807) is 33.0 Å². The van der Waals surface area contributed by atoms with Gasteiger partial charge in [-0.2, -0.15) is 5.10 Å². The first-order valence-corrected chi connectivity index (χ1v) is 6.98. The molecule has 2 rings (SSSR count). The Hall–Kier alpha value is -2.28. The molecule has 1 N–H and O–H groups in total. The Kier molecular flexibility index (Phi) is 4.32. The van der Waals surface area contributed by atoms with Crippen molar-refractivity contribution in [2.45, 2.75) is 13.8 Å². The fourth-order valence-electron chi connectivity index (χ4n) is 1.67. The summed E-state index contributed by atoms with van der Waals surface area (Å²) in [6.45, 7) is 3.40. The summed E-state index contributed by atoms with van der Waals surface area (Å²) in [6.07, 6.45) is 0. The number of hydrogen-bond acceptors (Lipinski definition) is 4. The van der Waals surface area contributed by atoms with Gasteiger partial charge < -0.3 is 4.57 Å². The van der Waals surface area contributed by atoms with Gasteiger partial charge in [-0.1, -0.05) is 23.5 Å². The Morgan fingerprint density at radius 1 is 1.33 bits per heavy atom. The van der Waals surface area contributed by atoms with Crippen LogP contribution in [0.5, 0.6) is 0 Å². The molecule has 1 aromatic heterocycles. The number of hydrazone groups is 1. The van der Waals surface area contributed by atoms with Gasteiger partial charge in [0.1, 0.15) is 10.7 Å². The zero-order valence-corrected chi connectivity index (χ0v) is 12.6. The summed E-state index contributed by atoms with van der Waals surface area (Å²) >= 11 is 0.875. The first-order chi connectivity index (χ1) is 9.90. The molecular formula is C14H14FN3O2S. The van der Waals surface area contributed by atoms with Crippen LogP contribution in [0.2, 0.25) is 0 Å². The Bertz CT molecular complexity index is 760. The van der Waals surface area contributed by atoms with E-state index in [1.165, 1.54) is 16.7 Å². The topological polar surface area (TPSA) is 63.5 Å². The van der Waals surface area contributed by atoms with Crippen molar-refractivity contribution in [2.24, 2.45) is 12.1 Å². The standard InChI is InChI=1S/C14H14FN3O2S/c1-8(10-4-6-11(15)7-5-10)16-17-13(19)12-9(2)18(3)14(20)21-12/h4-7H,1-3H3,(H,17,19)/b16-8-. The first kappa shape index (κ1) is 15.1. The van der Waals surface area contributed by atoms with Crippen LogP contribution in [-0.2, 0) is 7.05 Å². The summed E-state index contributed by atoms with van der Waals surface area (Å²) in [5, 5.41) is 3.97. The fourth-order valence-corrected chi connectivity index (χ4v) is 2.54. The summed E-state index contributed by atoms with van der Waals surface area (Å²) in [5.41, 5.74) is 4.25. The maximum absolute atomic E-state index is 12.8. The van der Waals surface area contributed by atoms with Crippen molar-refractivity contribution in [3.8, 4) is 0 Å². The lowest BCUT2D eigenvalue weighted by molar-refractivity contribution is 0.0958. The number of carbonyl (C=O) groups excluding carboxylic acids is 1. The van der Waals surface area contributed by atoms with Gasteiger partial charge in [0.05, 0.1) is 5.71 Å². The zero-order valence-electron chi connectivity index (χ0n) is 11.8. The number of nitrogens with zero attached hydrogens (tertiary/aromatic N) is 2. The summed E-state index contributed by atoms with van der Waals surface area (Å²) in [5.74, 6) is -0.767. The third kappa shape index (κ3) is 3.25. The fraction of sp³-hybridized carbons (Fsp3) is 0.214. The highest BCUT2D eigenvalue weighted by molar-refractivity contribution is 7.11. The van der Waals surface area contributed by atoms with E-state index in [2.05, 4.69) is 10.5 Å². The highest BCUT2D eigenvalue weighted by Gasteiger charge is 2.15. The monoisotopic (exact) mass is 307 g/mol. The highest BCUT2D eigenvalue weighted by atomic mass is 32.1. The summed E-state index contributed by atoms with van der Waals surface area (Å²) in [4.78, 5) is 23.6. The highest BCUT2D eigenvalue weighted by Crippen LogP contribution is 2.10. The van der Waals surface area contributed by atoms with Crippen molar-refractivity contribution in [3.63, 3.8) is 0 Å². The van der Waals surface area contributed by atoms with Crippen molar-refractivity contribution in [1.82, 2.24) is 9.99 Å². The van der Waals surface area contributed by atoms with Crippen molar-refractivity contribution in [1.29, 1.82) is 0 Å². The molecule has 110 valence electrons. The smallest absolute Gasteiger partial charge is 0.306 e.